The summed E-state index contributed by atoms with van der Waals surface area (Å²) in [6, 6.07) is 10.0. The first-order chi connectivity index (χ1) is 13.5. The Morgan fingerprint density at radius 2 is 2.07 bits per heavy atom. The second kappa shape index (κ2) is 6.99. The number of fused-ring (bicyclic) bond motifs is 1. The number of aryl methyl sites for hydroxylation is 1. The van der Waals surface area contributed by atoms with Crippen LogP contribution in [0.1, 0.15) is 23.1 Å². The summed E-state index contributed by atoms with van der Waals surface area (Å²) in [5.74, 6) is 0.805. The maximum atomic E-state index is 13.3. The lowest BCUT2D eigenvalue weighted by atomic mass is 10.1. The number of aromatic amines is 1. The largest absolute Gasteiger partial charge is 0.465 e. The van der Waals surface area contributed by atoms with Crippen molar-refractivity contribution in [1.82, 2.24) is 30.1 Å². The highest BCUT2D eigenvalue weighted by atomic mass is 19.1. The average molecular weight is 381 g/mol. The molecule has 0 saturated heterocycles. The van der Waals surface area contributed by atoms with Crippen LogP contribution in [-0.2, 0) is 0 Å². The first kappa shape index (κ1) is 17.5. The fourth-order valence-electron chi connectivity index (χ4n) is 2.84. The van der Waals surface area contributed by atoms with Crippen LogP contribution in [0.2, 0.25) is 0 Å². The summed E-state index contributed by atoms with van der Waals surface area (Å²) in [4.78, 5) is 15.9. The summed E-state index contributed by atoms with van der Waals surface area (Å²) < 4.78 is 14.9. The van der Waals surface area contributed by atoms with E-state index in [4.69, 9.17) is 0 Å². The highest BCUT2D eigenvalue weighted by Crippen LogP contribution is 2.24. The molecule has 0 spiro atoms. The number of anilines is 2. The van der Waals surface area contributed by atoms with E-state index >= 15 is 0 Å². The molecular formula is C18H16FN7O2. The van der Waals surface area contributed by atoms with Gasteiger partial charge in [-0.25, -0.2) is 18.7 Å². The molecule has 3 aromatic heterocycles. The number of halogens is 1. The number of aromatic nitrogens is 5. The van der Waals surface area contributed by atoms with E-state index in [2.05, 4.69) is 30.9 Å². The molecule has 4 rings (SSSR count). The maximum absolute atomic E-state index is 13.3. The van der Waals surface area contributed by atoms with Crippen LogP contribution in [0.4, 0.5) is 20.8 Å². The summed E-state index contributed by atoms with van der Waals surface area (Å²) in [7, 11) is 0. The minimum absolute atomic E-state index is 0.201. The van der Waals surface area contributed by atoms with Crippen LogP contribution in [0, 0.1) is 12.7 Å². The predicted molar refractivity (Wildman–Crippen MR) is 99.0 cm³/mol. The van der Waals surface area contributed by atoms with Crippen molar-refractivity contribution in [2.45, 2.75) is 13.0 Å². The van der Waals surface area contributed by atoms with Crippen molar-refractivity contribution in [3.05, 3.63) is 71.6 Å². The van der Waals surface area contributed by atoms with Crippen molar-refractivity contribution in [1.29, 1.82) is 0 Å². The van der Waals surface area contributed by atoms with Gasteiger partial charge in [-0.05, 0) is 36.8 Å². The molecule has 0 radical (unpaired) electrons. The van der Waals surface area contributed by atoms with E-state index in [9.17, 15) is 14.3 Å². The number of carboxylic acid groups (broad SMARTS) is 1. The van der Waals surface area contributed by atoms with Gasteiger partial charge in [-0.1, -0.05) is 12.1 Å². The van der Waals surface area contributed by atoms with E-state index < -0.39 is 18.0 Å². The predicted octanol–water partition coefficient (Wildman–Crippen LogP) is 3.00. The lowest BCUT2D eigenvalue weighted by molar-refractivity contribution is 0.191. The van der Waals surface area contributed by atoms with Crippen molar-refractivity contribution in [3.63, 3.8) is 0 Å². The fraction of sp³-hybridized carbons (Fsp3) is 0.111. The van der Waals surface area contributed by atoms with Gasteiger partial charge in [0.05, 0.1) is 0 Å². The summed E-state index contributed by atoms with van der Waals surface area (Å²) in [6.45, 7) is 1.87. The molecule has 0 aliphatic carbocycles. The Bertz CT molecular complexity index is 1140. The summed E-state index contributed by atoms with van der Waals surface area (Å²) >= 11 is 0. The lowest BCUT2D eigenvalue weighted by Gasteiger charge is -2.17. The number of hydrogen-bond acceptors (Lipinski definition) is 5. The van der Waals surface area contributed by atoms with Crippen molar-refractivity contribution in [3.8, 4) is 0 Å². The molecule has 0 aliphatic rings. The third kappa shape index (κ3) is 3.47. The standard InChI is InChI=1S/C18H16FN7O2/c1-10-9-14(24-23-10)20-16-13-3-2-8-26(13)25-17(22-16)15(21-18(27)28)11-4-6-12(19)7-5-11/h2-9,15,21H,1H3,(H,27,28)(H2,20,22,23,24,25). The minimum atomic E-state index is -1.25. The van der Waals surface area contributed by atoms with Gasteiger partial charge in [-0.3, -0.25) is 5.10 Å². The number of nitrogens with zero attached hydrogens (tertiary/aromatic N) is 4. The van der Waals surface area contributed by atoms with Gasteiger partial charge in [0.1, 0.15) is 17.4 Å². The molecule has 1 atom stereocenters. The number of hydrogen-bond donors (Lipinski definition) is 4. The number of carbonyl (C=O) groups is 1. The third-order valence-corrected chi connectivity index (χ3v) is 4.09. The van der Waals surface area contributed by atoms with Crippen LogP contribution in [0.5, 0.6) is 0 Å². The fourth-order valence-corrected chi connectivity index (χ4v) is 2.84. The SMILES string of the molecule is Cc1cc(Nc2nc(C(NC(=O)O)c3ccc(F)cc3)nn3cccc23)n[nH]1. The Morgan fingerprint density at radius 1 is 1.29 bits per heavy atom. The molecule has 1 unspecified atom stereocenters. The third-order valence-electron chi connectivity index (χ3n) is 4.09. The molecule has 4 aromatic rings. The Morgan fingerprint density at radius 3 is 2.75 bits per heavy atom. The Kier molecular flexibility index (Phi) is 4.36. The Hall–Kier alpha value is -3.95. The molecule has 28 heavy (non-hydrogen) atoms. The Labute approximate surface area is 158 Å². The molecule has 3 heterocycles. The molecule has 10 heteroatoms. The zero-order valence-electron chi connectivity index (χ0n) is 14.7. The maximum Gasteiger partial charge on any atom is 0.405 e. The first-order valence-corrected chi connectivity index (χ1v) is 8.39. The monoisotopic (exact) mass is 381 g/mol. The number of nitrogens with one attached hydrogen (secondary N) is 3. The van der Waals surface area contributed by atoms with Crippen LogP contribution in [-0.4, -0.2) is 36.0 Å². The normalized spacial score (nSPS) is 12.1. The van der Waals surface area contributed by atoms with Crippen LogP contribution in [0.15, 0.2) is 48.7 Å². The molecule has 0 bridgehead atoms. The van der Waals surface area contributed by atoms with Crippen LogP contribution in [0.3, 0.4) is 0 Å². The summed E-state index contributed by atoms with van der Waals surface area (Å²) in [5, 5.41) is 26.2. The summed E-state index contributed by atoms with van der Waals surface area (Å²) in [6.07, 6.45) is 0.479. The van der Waals surface area contributed by atoms with E-state index in [-0.39, 0.29) is 5.82 Å². The molecule has 1 aromatic carbocycles. The molecule has 0 aliphatic heterocycles. The smallest absolute Gasteiger partial charge is 0.405 e. The molecule has 4 N–H and O–H groups in total. The minimum Gasteiger partial charge on any atom is -0.465 e. The quantitative estimate of drug-likeness (QED) is 0.422. The second-order valence-corrected chi connectivity index (χ2v) is 6.15. The Balaban J connectivity index is 1.80. The van der Waals surface area contributed by atoms with E-state index in [1.165, 1.54) is 24.3 Å². The lowest BCUT2D eigenvalue weighted by Crippen LogP contribution is -2.29. The second-order valence-electron chi connectivity index (χ2n) is 6.15. The molecule has 0 fully saturated rings. The number of rotatable bonds is 5. The van der Waals surface area contributed by atoms with E-state index in [0.29, 0.717) is 22.7 Å². The highest BCUT2D eigenvalue weighted by molar-refractivity contribution is 5.72. The molecular weight excluding hydrogens is 365 g/mol. The highest BCUT2D eigenvalue weighted by Gasteiger charge is 2.22. The van der Waals surface area contributed by atoms with Gasteiger partial charge in [-0.2, -0.15) is 5.10 Å². The van der Waals surface area contributed by atoms with Crippen molar-refractivity contribution < 1.29 is 14.3 Å². The van der Waals surface area contributed by atoms with E-state index in [0.717, 1.165) is 5.69 Å². The zero-order chi connectivity index (χ0) is 19.7. The van der Waals surface area contributed by atoms with Crippen molar-refractivity contribution in [2.24, 2.45) is 0 Å². The van der Waals surface area contributed by atoms with Crippen LogP contribution in [0.25, 0.3) is 5.52 Å². The van der Waals surface area contributed by atoms with Crippen molar-refractivity contribution in [2.75, 3.05) is 5.32 Å². The number of amides is 1. The topological polar surface area (TPSA) is 120 Å². The van der Waals surface area contributed by atoms with Gasteiger partial charge in [0.15, 0.2) is 17.5 Å². The van der Waals surface area contributed by atoms with Gasteiger partial charge in [0.25, 0.3) is 0 Å². The van der Waals surface area contributed by atoms with Crippen LogP contribution < -0.4 is 10.6 Å². The molecule has 142 valence electrons. The van der Waals surface area contributed by atoms with E-state index in [1.54, 1.807) is 16.8 Å². The summed E-state index contributed by atoms with van der Waals surface area (Å²) in [5.41, 5.74) is 2.08. The molecule has 0 saturated carbocycles. The molecule has 9 nitrogen and oxygen atoms in total. The van der Waals surface area contributed by atoms with Crippen LogP contribution >= 0.6 is 0 Å². The molecule has 1 amide bonds. The van der Waals surface area contributed by atoms with Gasteiger partial charge in [-0.15, -0.1) is 5.10 Å². The average Bonchev–Trinajstić information content (AvgIpc) is 3.29. The number of H-pyrrole nitrogens is 1. The van der Waals surface area contributed by atoms with Gasteiger partial charge >= 0.3 is 6.09 Å². The first-order valence-electron chi connectivity index (χ1n) is 8.39. The van der Waals surface area contributed by atoms with Crippen molar-refractivity contribution >= 4 is 23.2 Å². The van der Waals surface area contributed by atoms with E-state index in [1.807, 2.05) is 19.1 Å². The zero-order valence-corrected chi connectivity index (χ0v) is 14.7. The van der Waals surface area contributed by atoms with Gasteiger partial charge < -0.3 is 15.7 Å². The van der Waals surface area contributed by atoms with Gasteiger partial charge in [0, 0.05) is 18.0 Å². The van der Waals surface area contributed by atoms with Gasteiger partial charge in [0.2, 0.25) is 0 Å². The number of benzene rings is 1.